The molecule has 7 nitrogen and oxygen atoms in total. The number of fused-ring (bicyclic) bond motifs is 1. The lowest BCUT2D eigenvalue weighted by Crippen LogP contribution is -2.19. The van der Waals surface area contributed by atoms with Gasteiger partial charge in [0.1, 0.15) is 5.75 Å². The van der Waals surface area contributed by atoms with Crippen LogP contribution in [0.4, 0.5) is 13.2 Å². The Kier molecular flexibility index (Phi) is 7.32. The number of pyridine rings is 2. The van der Waals surface area contributed by atoms with E-state index in [4.69, 9.17) is 9.72 Å². The van der Waals surface area contributed by atoms with Crippen molar-refractivity contribution in [3.8, 4) is 22.8 Å². The van der Waals surface area contributed by atoms with Crippen LogP contribution in [0.15, 0.2) is 54.7 Å². The van der Waals surface area contributed by atoms with Gasteiger partial charge in [-0.15, -0.1) is 0 Å². The van der Waals surface area contributed by atoms with Crippen LogP contribution in [0.2, 0.25) is 0 Å². The van der Waals surface area contributed by atoms with Crippen LogP contribution in [0.1, 0.15) is 37.2 Å². The Hall–Kier alpha value is -3.50. The predicted molar refractivity (Wildman–Crippen MR) is 126 cm³/mol. The molecule has 10 heteroatoms. The van der Waals surface area contributed by atoms with Crippen molar-refractivity contribution in [2.75, 3.05) is 13.7 Å². The molecule has 0 fully saturated rings. The summed E-state index contributed by atoms with van der Waals surface area (Å²) in [4.78, 5) is 9.16. The first-order chi connectivity index (χ1) is 16.8. The summed E-state index contributed by atoms with van der Waals surface area (Å²) in [7, 11) is 1.87. The number of ether oxygens (including phenoxy) is 1. The molecule has 0 aliphatic rings. The largest absolute Gasteiger partial charge is 0.483 e. The molecule has 0 aliphatic heterocycles. The van der Waals surface area contributed by atoms with E-state index in [-0.39, 0.29) is 18.4 Å². The molecule has 1 aromatic carbocycles. The van der Waals surface area contributed by atoms with Crippen LogP contribution in [-0.4, -0.2) is 44.7 Å². The molecule has 0 radical (unpaired) electrons. The molecule has 0 bridgehead atoms. The maximum atomic E-state index is 13.0. The van der Waals surface area contributed by atoms with Gasteiger partial charge in [0.05, 0.1) is 40.8 Å². The van der Waals surface area contributed by atoms with Gasteiger partial charge in [-0.25, -0.2) is 9.67 Å². The Balaban J connectivity index is 1.86. The van der Waals surface area contributed by atoms with E-state index in [0.29, 0.717) is 33.7 Å². The van der Waals surface area contributed by atoms with E-state index in [9.17, 15) is 18.3 Å². The van der Waals surface area contributed by atoms with Crippen LogP contribution < -0.4 is 10.1 Å². The third kappa shape index (κ3) is 5.60. The quantitative estimate of drug-likeness (QED) is 0.348. The highest BCUT2D eigenvalue weighted by molar-refractivity contribution is 5.90. The third-order valence-corrected chi connectivity index (χ3v) is 5.56. The standard InChI is InChI=1S/C25H26F3N5O2/c1-3-6-20(29-2)21-9-5-8-19(32-21)16-11-22-18(23(12-16)35-15-25(26,27)28)13-30-33(22)24-10-4-7-17(14-34)31-24/h4-5,7-13,20,29,34H,3,6,14-15H2,1-2H3/t20-/m0/s1. The van der Waals surface area contributed by atoms with Gasteiger partial charge >= 0.3 is 6.18 Å². The molecule has 184 valence electrons. The van der Waals surface area contributed by atoms with E-state index >= 15 is 0 Å². The molecule has 0 saturated carbocycles. The summed E-state index contributed by atoms with van der Waals surface area (Å²) in [6, 6.07) is 14.1. The van der Waals surface area contributed by atoms with Crippen LogP contribution in [0.3, 0.4) is 0 Å². The monoisotopic (exact) mass is 485 g/mol. The van der Waals surface area contributed by atoms with Crippen molar-refractivity contribution < 1.29 is 23.0 Å². The zero-order chi connectivity index (χ0) is 25.0. The first-order valence-electron chi connectivity index (χ1n) is 11.3. The van der Waals surface area contributed by atoms with Crippen LogP contribution in [0, 0.1) is 0 Å². The van der Waals surface area contributed by atoms with Gasteiger partial charge in [-0.1, -0.05) is 25.5 Å². The summed E-state index contributed by atoms with van der Waals surface area (Å²) in [6.45, 7) is 0.410. The lowest BCUT2D eigenvalue weighted by Gasteiger charge is -2.16. The van der Waals surface area contributed by atoms with E-state index in [1.165, 1.54) is 10.9 Å². The molecular formula is C25H26F3N5O2. The van der Waals surface area contributed by atoms with Crippen molar-refractivity contribution in [2.24, 2.45) is 0 Å². The molecule has 0 saturated heterocycles. The number of aromatic nitrogens is 4. The highest BCUT2D eigenvalue weighted by atomic mass is 19.4. The molecule has 0 aliphatic carbocycles. The second kappa shape index (κ2) is 10.4. The van der Waals surface area contributed by atoms with Gasteiger partial charge in [0.15, 0.2) is 12.4 Å². The van der Waals surface area contributed by atoms with Crippen LogP contribution in [0.5, 0.6) is 5.75 Å². The summed E-state index contributed by atoms with van der Waals surface area (Å²) >= 11 is 0. The zero-order valence-electron chi connectivity index (χ0n) is 19.4. The van der Waals surface area contributed by atoms with E-state index in [0.717, 1.165) is 18.5 Å². The number of aliphatic hydroxyl groups is 1. The molecule has 0 spiro atoms. The number of nitrogens with zero attached hydrogens (tertiary/aromatic N) is 4. The minimum atomic E-state index is -4.49. The van der Waals surface area contributed by atoms with E-state index in [1.54, 1.807) is 30.3 Å². The van der Waals surface area contributed by atoms with E-state index in [2.05, 4.69) is 22.3 Å². The summed E-state index contributed by atoms with van der Waals surface area (Å²) < 4.78 is 45.6. The Morgan fingerprint density at radius 3 is 2.63 bits per heavy atom. The molecule has 4 rings (SSSR count). The van der Waals surface area contributed by atoms with Crippen molar-refractivity contribution in [2.45, 2.75) is 38.6 Å². The lowest BCUT2D eigenvalue weighted by molar-refractivity contribution is -0.153. The topological polar surface area (TPSA) is 85.1 Å². The highest BCUT2D eigenvalue weighted by Crippen LogP contribution is 2.34. The van der Waals surface area contributed by atoms with Crippen molar-refractivity contribution >= 4 is 10.9 Å². The number of hydrogen-bond acceptors (Lipinski definition) is 6. The predicted octanol–water partition coefficient (Wildman–Crippen LogP) is 4.98. The smallest absolute Gasteiger partial charge is 0.422 e. The average Bonchev–Trinajstić information content (AvgIpc) is 3.29. The van der Waals surface area contributed by atoms with E-state index < -0.39 is 12.8 Å². The SMILES string of the molecule is CCC[C@H](NC)c1cccc(-c2cc(OCC(F)(F)F)c3cnn(-c4cccc(CO)n4)c3c2)n1. The van der Waals surface area contributed by atoms with Gasteiger partial charge in [-0.05, 0) is 49.9 Å². The molecular weight excluding hydrogens is 459 g/mol. The number of hydrogen-bond donors (Lipinski definition) is 2. The van der Waals surface area contributed by atoms with Crippen molar-refractivity contribution in [3.63, 3.8) is 0 Å². The molecule has 1 atom stereocenters. The van der Waals surface area contributed by atoms with Crippen molar-refractivity contribution in [1.29, 1.82) is 0 Å². The first kappa shape index (κ1) is 24.6. The molecule has 3 heterocycles. The maximum absolute atomic E-state index is 13.0. The molecule has 4 aromatic rings. The van der Waals surface area contributed by atoms with Gasteiger partial charge in [0.25, 0.3) is 0 Å². The Morgan fingerprint density at radius 2 is 1.91 bits per heavy atom. The lowest BCUT2D eigenvalue weighted by atomic mass is 10.0. The summed E-state index contributed by atoms with van der Waals surface area (Å²) in [5, 5.41) is 17.5. The summed E-state index contributed by atoms with van der Waals surface area (Å²) in [6.07, 6.45) is -1.18. The number of alkyl halides is 3. The first-order valence-corrected chi connectivity index (χ1v) is 11.3. The maximum Gasteiger partial charge on any atom is 0.422 e. The second-order valence-corrected chi connectivity index (χ2v) is 8.09. The van der Waals surface area contributed by atoms with Gasteiger partial charge in [0, 0.05) is 11.6 Å². The van der Waals surface area contributed by atoms with Crippen LogP contribution >= 0.6 is 0 Å². The summed E-state index contributed by atoms with van der Waals surface area (Å²) in [5.74, 6) is 0.468. The molecule has 2 N–H and O–H groups in total. The molecule has 0 unspecified atom stereocenters. The fourth-order valence-electron chi connectivity index (χ4n) is 3.91. The van der Waals surface area contributed by atoms with Gasteiger partial charge in [-0.3, -0.25) is 4.98 Å². The second-order valence-electron chi connectivity index (χ2n) is 8.09. The third-order valence-electron chi connectivity index (χ3n) is 5.56. The van der Waals surface area contributed by atoms with Gasteiger partial charge < -0.3 is 15.2 Å². The average molecular weight is 486 g/mol. The van der Waals surface area contributed by atoms with E-state index in [1.807, 2.05) is 25.2 Å². The number of nitrogens with one attached hydrogen (secondary N) is 1. The zero-order valence-corrected chi connectivity index (χ0v) is 19.4. The fraction of sp³-hybridized carbons (Fsp3) is 0.320. The fourth-order valence-corrected chi connectivity index (χ4v) is 3.91. The number of rotatable bonds is 9. The van der Waals surface area contributed by atoms with Gasteiger partial charge in [0.2, 0.25) is 0 Å². The van der Waals surface area contributed by atoms with Crippen molar-refractivity contribution in [1.82, 2.24) is 25.1 Å². The number of aliphatic hydroxyl groups excluding tert-OH is 1. The summed E-state index contributed by atoms with van der Waals surface area (Å²) in [5.41, 5.74) is 2.98. The Labute approximate surface area is 200 Å². The van der Waals surface area contributed by atoms with Gasteiger partial charge in [-0.2, -0.15) is 18.3 Å². The Morgan fingerprint density at radius 1 is 1.11 bits per heavy atom. The highest BCUT2D eigenvalue weighted by Gasteiger charge is 2.29. The number of benzene rings is 1. The molecule has 0 amide bonds. The minimum absolute atomic E-state index is 0.0466. The number of halogens is 3. The molecule has 35 heavy (non-hydrogen) atoms. The van der Waals surface area contributed by atoms with Crippen molar-refractivity contribution in [3.05, 3.63) is 66.1 Å². The van der Waals surface area contributed by atoms with Crippen LogP contribution in [-0.2, 0) is 6.61 Å². The molecule has 3 aromatic heterocycles. The minimum Gasteiger partial charge on any atom is -0.483 e. The van der Waals surface area contributed by atoms with Crippen LogP contribution in [0.25, 0.3) is 28.0 Å². The normalized spacial score (nSPS) is 12.7. The Bertz CT molecular complexity index is 1310.